The first-order chi connectivity index (χ1) is 16.8. The summed E-state index contributed by atoms with van der Waals surface area (Å²) in [5.74, 6) is -1.45. The monoisotopic (exact) mass is 494 g/mol. The first-order valence-electron chi connectivity index (χ1n) is 11.9. The van der Waals surface area contributed by atoms with Crippen LogP contribution in [-0.2, 0) is 27.1 Å². The van der Waals surface area contributed by atoms with Gasteiger partial charge >= 0.3 is 0 Å². The van der Waals surface area contributed by atoms with E-state index < -0.39 is 11.7 Å². The number of carbonyl (C=O) groups excluding carboxylic acids is 2. The van der Waals surface area contributed by atoms with Gasteiger partial charge in [-0.2, -0.15) is 0 Å². The molecule has 2 aromatic carbocycles. The zero-order valence-corrected chi connectivity index (χ0v) is 20.5. The smallest absolute Gasteiger partial charge is 0.267 e. The zero-order chi connectivity index (χ0) is 24.6. The lowest BCUT2D eigenvalue weighted by Crippen LogP contribution is -2.52. The second-order valence-electron chi connectivity index (χ2n) is 9.68. The second kappa shape index (κ2) is 9.64. The van der Waals surface area contributed by atoms with Crippen molar-refractivity contribution < 1.29 is 19.1 Å². The Morgan fingerprint density at radius 3 is 2.66 bits per heavy atom. The lowest BCUT2D eigenvalue weighted by atomic mass is 9.79. The molecule has 2 amide bonds. The molecule has 1 saturated heterocycles. The van der Waals surface area contributed by atoms with E-state index in [-0.39, 0.29) is 24.0 Å². The van der Waals surface area contributed by atoms with Crippen molar-refractivity contribution in [2.75, 3.05) is 6.54 Å². The van der Waals surface area contributed by atoms with Crippen molar-refractivity contribution in [2.45, 2.75) is 51.0 Å². The molecule has 1 aliphatic heterocycles. The van der Waals surface area contributed by atoms with Crippen LogP contribution in [0.15, 0.2) is 48.5 Å². The lowest BCUT2D eigenvalue weighted by molar-refractivity contribution is -0.250. The number of hydrogen-bond acceptors (Lipinski definition) is 4. The summed E-state index contributed by atoms with van der Waals surface area (Å²) < 4.78 is 11.4. The van der Waals surface area contributed by atoms with E-state index in [2.05, 4.69) is 21.7 Å². The number of amides is 2. The number of ether oxygens (including phenoxy) is 2. The summed E-state index contributed by atoms with van der Waals surface area (Å²) in [5, 5.41) is 7.63. The van der Waals surface area contributed by atoms with E-state index in [4.69, 9.17) is 21.1 Å². The van der Waals surface area contributed by atoms with Crippen molar-refractivity contribution >= 4 is 34.3 Å². The third-order valence-corrected chi connectivity index (χ3v) is 6.88. The lowest BCUT2D eigenvalue weighted by Gasteiger charge is -2.36. The highest BCUT2D eigenvalue weighted by atomic mass is 35.5. The van der Waals surface area contributed by atoms with Crippen LogP contribution >= 0.6 is 11.6 Å². The Hall–Kier alpha value is -2.87. The maximum absolute atomic E-state index is 13.3. The van der Waals surface area contributed by atoms with Gasteiger partial charge in [0.05, 0.1) is 18.6 Å². The van der Waals surface area contributed by atoms with Gasteiger partial charge in [-0.3, -0.25) is 9.59 Å². The minimum Gasteiger partial charge on any atom is -0.353 e. The molecule has 2 heterocycles. The maximum atomic E-state index is 13.3. The summed E-state index contributed by atoms with van der Waals surface area (Å²) in [6, 6.07) is 15.0. The second-order valence-corrected chi connectivity index (χ2v) is 10.1. The molecule has 2 aliphatic rings. The van der Waals surface area contributed by atoms with Crippen LogP contribution < -0.4 is 10.6 Å². The van der Waals surface area contributed by atoms with Gasteiger partial charge in [0, 0.05) is 34.9 Å². The van der Waals surface area contributed by atoms with E-state index in [0.717, 1.165) is 22.0 Å². The molecule has 3 atom stereocenters. The third kappa shape index (κ3) is 5.37. The van der Waals surface area contributed by atoms with Crippen molar-refractivity contribution in [2.24, 2.45) is 5.92 Å². The molecule has 8 heteroatoms. The number of carbonyl (C=O) groups is 2. The average Bonchev–Trinajstić information content (AvgIpc) is 3.25. The number of rotatable bonds is 5. The number of aromatic amines is 1. The van der Waals surface area contributed by atoms with Crippen LogP contribution in [0.5, 0.6) is 0 Å². The van der Waals surface area contributed by atoms with Crippen LogP contribution in [0.1, 0.15) is 41.9 Å². The highest BCUT2D eigenvalue weighted by molar-refractivity contribution is 6.31. The third-order valence-electron chi connectivity index (χ3n) is 6.65. The molecule has 1 radical (unpaired) electrons. The first kappa shape index (κ1) is 23.9. The highest BCUT2D eigenvalue weighted by Crippen LogP contribution is 2.28. The highest BCUT2D eigenvalue weighted by Gasteiger charge is 2.36. The normalized spacial score (nSPS) is 23.5. The molecular weight excluding hydrogens is 466 g/mol. The van der Waals surface area contributed by atoms with Crippen LogP contribution in [0.4, 0.5) is 0 Å². The molecule has 0 spiro atoms. The Morgan fingerprint density at radius 1 is 1.11 bits per heavy atom. The zero-order valence-electron chi connectivity index (χ0n) is 19.8. The molecule has 1 aromatic heterocycles. The fraction of sp³-hybridized carbons (Fsp3) is 0.370. The van der Waals surface area contributed by atoms with E-state index >= 15 is 0 Å². The van der Waals surface area contributed by atoms with E-state index in [1.807, 2.05) is 44.2 Å². The van der Waals surface area contributed by atoms with Gasteiger partial charge in [0.15, 0.2) is 5.79 Å². The number of aromatic nitrogens is 1. The van der Waals surface area contributed by atoms with Crippen molar-refractivity contribution in [3.8, 4) is 0 Å². The summed E-state index contributed by atoms with van der Waals surface area (Å²) in [6.45, 7) is 5.80. The minimum absolute atomic E-state index is 0.0962. The van der Waals surface area contributed by atoms with Crippen molar-refractivity contribution in [1.82, 2.24) is 15.6 Å². The number of nitrogens with one attached hydrogen (secondary N) is 3. The Kier molecular flexibility index (Phi) is 6.57. The average molecular weight is 495 g/mol. The predicted molar refractivity (Wildman–Crippen MR) is 134 cm³/mol. The number of halogens is 1. The van der Waals surface area contributed by atoms with E-state index in [9.17, 15) is 9.59 Å². The van der Waals surface area contributed by atoms with Crippen molar-refractivity contribution in [1.29, 1.82) is 0 Å². The largest absolute Gasteiger partial charge is 0.353 e. The van der Waals surface area contributed by atoms with Crippen LogP contribution in [-0.4, -0.2) is 41.3 Å². The molecule has 35 heavy (non-hydrogen) atoms. The molecule has 5 rings (SSSR count). The predicted octanol–water partition coefficient (Wildman–Crippen LogP) is 4.15. The van der Waals surface area contributed by atoms with Crippen LogP contribution in [0.3, 0.4) is 0 Å². The summed E-state index contributed by atoms with van der Waals surface area (Å²) in [6.07, 6.45) is 1.58. The molecule has 183 valence electrons. The van der Waals surface area contributed by atoms with Gasteiger partial charge in [-0.15, -0.1) is 0 Å². The molecule has 0 saturated carbocycles. The van der Waals surface area contributed by atoms with Gasteiger partial charge in [-0.1, -0.05) is 35.9 Å². The van der Waals surface area contributed by atoms with Gasteiger partial charge in [0.1, 0.15) is 5.69 Å². The SMILES string of the molecule is CC1(C)O[CH]CC(CNC(=O)C2Cc3ccccc3CC2NC(=O)c2cc3cc(Cl)ccc3[nH]2)O1. The molecule has 1 fully saturated rings. The van der Waals surface area contributed by atoms with Crippen LogP contribution in [0, 0.1) is 12.5 Å². The Balaban J connectivity index is 1.31. The van der Waals surface area contributed by atoms with E-state index in [0.29, 0.717) is 36.5 Å². The Bertz CT molecular complexity index is 1250. The van der Waals surface area contributed by atoms with Crippen molar-refractivity contribution in [3.05, 3.63) is 77.0 Å². The molecule has 3 aromatic rings. The fourth-order valence-electron chi connectivity index (χ4n) is 4.92. The summed E-state index contributed by atoms with van der Waals surface area (Å²) in [4.78, 5) is 29.7. The quantitative estimate of drug-likeness (QED) is 0.496. The van der Waals surface area contributed by atoms with E-state index in [1.165, 1.54) is 0 Å². The molecule has 3 unspecified atom stereocenters. The maximum Gasteiger partial charge on any atom is 0.267 e. The van der Waals surface area contributed by atoms with Gasteiger partial charge in [0.25, 0.3) is 5.91 Å². The Labute approximate surface area is 209 Å². The molecule has 7 nitrogen and oxygen atoms in total. The number of H-pyrrole nitrogens is 1. The summed E-state index contributed by atoms with van der Waals surface area (Å²) in [7, 11) is 0. The van der Waals surface area contributed by atoms with Gasteiger partial charge in [-0.25, -0.2) is 0 Å². The topological polar surface area (TPSA) is 92.5 Å². The van der Waals surface area contributed by atoms with Gasteiger partial charge in [-0.05, 0) is 62.1 Å². The first-order valence-corrected chi connectivity index (χ1v) is 12.3. The van der Waals surface area contributed by atoms with Gasteiger partial charge < -0.3 is 25.1 Å². The molecule has 3 N–H and O–H groups in total. The van der Waals surface area contributed by atoms with Gasteiger partial charge in [0.2, 0.25) is 5.91 Å². The number of fused-ring (bicyclic) bond motifs is 2. The standard InChI is InChI=1S/C27H29ClN3O4/c1-27(2)34-10-9-20(35-27)15-29-25(32)21-12-16-5-3-4-6-17(16)13-23(21)31-26(33)24-14-18-11-19(28)7-8-22(18)30-24/h3-8,10-11,14,20-21,23,30H,9,12-13,15H2,1-2H3,(H,29,32)(H,31,33). The molecular formula is C27H29ClN3O4. The summed E-state index contributed by atoms with van der Waals surface area (Å²) in [5.41, 5.74) is 3.55. The minimum atomic E-state index is -0.711. The van der Waals surface area contributed by atoms with Crippen LogP contribution in [0.2, 0.25) is 5.02 Å². The van der Waals surface area contributed by atoms with Crippen LogP contribution in [0.25, 0.3) is 10.9 Å². The number of hydrogen-bond donors (Lipinski definition) is 3. The number of benzene rings is 2. The van der Waals surface area contributed by atoms with E-state index in [1.54, 1.807) is 18.7 Å². The Morgan fingerprint density at radius 2 is 1.89 bits per heavy atom. The fourth-order valence-corrected chi connectivity index (χ4v) is 5.10. The van der Waals surface area contributed by atoms with Crippen molar-refractivity contribution in [3.63, 3.8) is 0 Å². The molecule has 0 bridgehead atoms. The summed E-state index contributed by atoms with van der Waals surface area (Å²) >= 11 is 6.09. The molecule has 1 aliphatic carbocycles.